The fraction of sp³-hybridized carbons (Fsp3) is 0.692. The van der Waals surface area contributed by atoms with E-state index in [1.165, 1.54) is 6.42 Å². The third-order valence-electron chi connectivity index (χ3n) is 3.39. The lowest BCUT2D eigenvalue weighted by Crippen LogP contribution is -2.35. The largest absolute Gasteiger partial charge is 0.352 e. The summed E-state index contributed by atoms with van der Waals surface area (Å²) in [5, 5.41) is 6.36. The monoisotopic (exact) mass is 250 g/mol. The topological polar surface area (TPSA) is 59.0 Å². The van der Waals surface area contributed by atoms with Crippen LogP contribution in [0.3, 0.4) is 0 Å². The molecule has 1 aromatic rings. The molecule has 5 heteroatoms. The van der Waals surface area contributed by atoms with Crippen LogP contribution in [0.1, 0.15) is 26.2 Å². The van der Waals surface area contributed by atoms with Gasteiger partial charge in [-0.3, -0.25) is 4.79 Å². The summed E-state index contributed by atoms with van der Waals surface area (Å²) in [6, 6.07) is 0.147. The molecule has 1 aliphatic heterocycles. The van der Waals surface area contributed by atoms with E-state index in [0.717, 1.165) is 26.1 Å². The minimum atomic E-state index is 0.147. The van der Waals surface area contributed by atoms with Gasteiger partial charge < -0.3 is 15.2 Å². The van der Waals surface area contributed by atoms with Gasteiger partial charge in [-0.2, -0.15) is 0 Å². The summed E-state index contributed by atoms with van der Waals surface area (Å²) in [5.41, 5.74) is 0. The Balaban J connectivity index is 1.63. The van der Waals surface area contributed by atoms with Gasteiger partial charge >= 0.3 is 0 Å². The molecule has 0 spiro atoms. The summed E-state index contributed by atoms with van der Waals surface area (Å²) in [7, 11) is 0. The zero-order chi connectivity index (χ0) is 12.8. The average Bonchev–Trinajstić information content (AvgIpc) is 2.98. The number of hydrogen-bond donors (Lipinski definition) is 2. The molecule has 2 rings (SSSR count). The number of hydrogen-bond acceptors (Lipinski definition) is 3. The summed E-state index contributed by atoms with van der Waals surface area (Å²) in [4.78, 5) is 15.8. The minimum Gasteiger partial charge on any atom is -0.352 e. The molecule has 0 saturated carbocycles. The molecule has 2 heterocycles. The predicted molar refractivity (Wildman–Crippen MR) is 70.0 cm³/mol. The fourth-order valence-corrected chi connectivity index (χ4v) is 2.40. The second-order valence-corrected chi connectivity index (χ2v) is 5.13. The second kappa shape index (κ2) is 6.54. The van der Waals surface area contributed by atoms with Gasteiger partial charge in [0, 0.05) is 31.4 Å². The Labute approximate surface area is 108 Å². The van der Waals surface area contributed by atoms with Crippen molar-refractivity contribution >= 4 is 5.91 Å². The lowest BCUT2D eigenvalue weighted by Gasteiger charge is -2.15. The first-order valence-corrected chi connectivity index (χ1v) is 6.70. The average molecular weight is 250 g/mol. The lowest BCUT2D eigenvalue weighted by molar-refractivity contribution is -0.122. The first kappa shape index (κ1) is 13.1. The lowest BCUT2D eigenvalue weighted by atomic mass is 10.0. The number of carbonyl (C=O) groups is 1. The molecule has 0 aromatic carbocycles. The van der Waals surface area contributed by atoms with Crippen molar-refractivity contribution in [2.75, 3.05) is 13.1 Å². The maximum atomic E-state index is 11.8. The Bertz CT molecular complexity index is 357. The zero-order valence-corrected chi connectivity index (χ0v) is 10.9. The van der Waals surface area contributed by atoms with Gasteiger partial charge in [0.1, 0.15) is 0 Å². The summed E-state index contributed by atoms with van der Waals surface area (Å²) in [5.74, 6) is 0.842. The van der Waals surface area contributed by atoms with Gasteiger partial charge in [0.05, 0.1) is 6.33 Å². The third-order valence-corrected chi connectivity index (χ3v) is 3.39. The zero-order valence-electron chi connectivity index (χ0n) is 10.9. The van der Waals surface area contributed by atoms with Crippen LogP contribution in [-0.4, -0.2) is 34.6 Å². The number of nitrogens with one attached hydrogen (secondary N) is 2. The second-order valence-electron chi connectivity index (χ2n) is 5.13. The molecule has 0 radical (unpaired) electrons. The first-order valence-electron chi connectivity index (χ1n) is 6.70. The van der Waals surface area contributed by atoms with Crippen LogP contribution >= 0.6 is 0 Å². The van der Waals surface area contributed by atoms with Gasteiger partial charge in [-0.25, -0.2) is 4.98 Å². The number of rotatable bonds is 6. The van der Waals surface area contributed by atoms with Crippen LogP contribution in [0.4, 0.5) is 0 Å². The van der Waals surface area contributed by atoms with Crippen LogP contribution in [0.2, 0.25) is 0 Å². The van der Waals surface area contributed by atoms with Crippen molar-refractivity contribution in [3.8, 4) is 0 Å². The highest BCUT2D eigenvalue weighted by molar-refractivity contribution is 5.76. The number of amides is 1. The number of carbonyl (C=O) groups excluding carboxylic acids is 1. The van der Waals surface area contributed by atoms with E-state index in [0.29, 0.717) is 12.3 Å². The number of aromatic nitrogens is 2. The molecule has 1 fully saturated rings. The molecule has 100 valence electrons. The highest BCUT2D eigenvalue weighted by Crippen LogP contribution is 2.13. The normalized spacial score (nSPS) is 20.8. The molecule has 2 unspecified atom stereocenters. The molecule has 1 aromatic heterocycles. The SMILES string of the molecule is CC(Cn1ccnc1)NC(=O)CCC1CCNC1. The van der Waals surface area contributed by atoms with E-state index < -0.39 is 0 Å². The van der Waals surface area contributed by atoms with E-state index in [-0.39, 0.29) is 11.9 Å². The Morgan fingerprint density at radius 3 is 3.22 bits per heavy atom. The number of imidazole rings is 1. The van der Waals surface area contributed by atoms with E-state index >= 15 is 0 Å². The summed E-state index contributed by atoms with van der Waals surface area (Å²) in [6.45, 7) is 4.97. The Morgan fingerprint density at radius 1 is 1.67 bits per heavy atom. The molecular formula is C13H22N4O. The number of nitrogens with zero attached hydrogens (tertiary/aromatic N) is 2. The molecular weight excluding hydrogens is 228 g/mol. The Hall–Kier alpha value is -1.36. The Kier molecular flexibility index (Phi) is 4.75. The minimum absolute atomic E-state index is 0.147. The van der Waals surface area contributed by atoms with Crippen LogP contribution in [0.25, 0.3) is 0 Å². The maximum Gasteiger partial charge on any atom is 0.220 e. The van der Waals surface area contributed by atoms with E-state index in [1.807, 2.05) is 17.7 Å². The summed E-state index contributed by atoms with van der Waals surface area (Å²) < 4.78 is 1.98. The van der Waals surface area contributed by atoms with Gasteiger partial charge in [0.25, 0.3) is 0 Å². The predicted octanol–water partition coefficient (Wildman–Crippen LogP) is 0.777. The van der Waals surface area contributed by atoms with Gasteiger partial charge in [-0.15, -0.1) is 0 Å². The van der Waals surface area contributed by atoms with Gasteiger partial charge in [-0.1, -0.05) is 0 Å². The standard InChI is InChI=1S/C13H22N4O/c1-11(9-17-7-6-15-10-17)16-13(18)3-2-12-4-5-14-8-12/h6-7,10-12,14H,2-5,8-9H2,1H3,(H,16,18). The Morgan fingerprint density at radius 2 is 2.56 bits per heavy atom. The van der Waals surface area contributed by atoms with Crippen molar-refractivity contribution in [2.24, 2.45) is 5.92 Å². The highest BCUT2D eigenvalue weighted by atomic mass is 16.1. The molecule has 1 aliphatic rings. The van der Waals surface area contributed by atoms with E-state index in [1.54, 1.807) is 12.5 Å². The molecule has 1 amide bonds. The van der Waals surface area contributed by atoms with Crippen LogP contribution in [-0.2, 0) is 11.3 Å². The molecule has 2 N–H and O–H groups in total. The van der Waals surface area contributed by atoms with Crippen molar-refractivity contribution in [1.82, 2.24) is 20.2 Å². The van der Waals surface area contributed by atoms with Crippen molar-refractivity contribution in [2.45, 2.75) is 38.8 Å². The van der Waals surface area contributed by atoms with E-state index in [4.69, 9.17) is 0 Å². The molecule has 0 bridgehead atoms. The van der Waals surface area contributed by atoms with Gasteiger partial charge in [0.15, 0.2) is 0 Å². The summed E-state index contributed by atoms with van der Waals surface area (Å²) in [6.07, 6.45) is 8.27. The maximum absolute atomic E-state index is 11.8. The third kappa shape index (κ3) is 4.14. The smallest absolute Gasteiger partial charge is 0.220 e. The van der Waals surface area contributed by atoms with Gasteiger partial charge in [-0.05, 0) is 38.8 Å². The van der Waals surface area contributed by atoms with Crippen LogP contribution in [0.5, 0.6) is 0 Å². The van der Waals surface area contributed by atoms with Crippen molar-refractivity contribution < 1.29 is 4.79 Å². The van der Waals surface area contributed by atoms with Crippen LogP contribution in [0, 0.1) is 5.92 Å². The first-order chi connectivity index (χ1) is 8.74. The molecule has 18 heavy (non-hydrogen) atoms. The van der Waals surface area contributed by atoms with E-state index in [9.17, 15) is 4.79 Å². The van der Waals surface area contributed by atoms with Crippen molar-refractivity contribution in [3.63, 3.8) is 0 Å². The van der Waals surface area contributed by atoms with Crippen molar-refractivity contribution in [3.05, 3.63) is 18.7 Å². The van der Waals surface area contributed by atoms with E-state index in [2.05, 4.69) is 15.6 Å². The highest BCUT2D eigenvalue weighted by Gasteiger charge is 2.16. The molecule has 0 aliphatic carbocycles. The molecule has 5 nitrogen and oxygen atoms in total. The fourth-order valence-electron chi connectivity index (χ4n) is 2.40. The quantitative estimate of drug-likeness (QED) is 0.784. The van der Waals surface area contributed by atoms with Gasteiger partial charge in [0.2, 0.25) is 5.91 Å². The summed E-state index contributed by atoms with van der Waals surface area (Å²) >= 11 is 0. The molecule has 1 saturated heterocycles. The van der Waals surface area contributed by atoms with Crippen LogP contribution in [0.15, 0.2) is 18.7 Å². The molecule has 2 atom stereocenters. The van der Waals surface area contributed by atoms with Crippen molar-refractivity contribution in [1.29, 1.82) is 0 Å². The van der Waals surface area contributed by atoms with Crippen LogP contribution < -0.4 is 10.6 Å².